The average Bonchev–Trinajstić information content (AvgIpc) is 3.36. The van der Waals surface area contributed by atoms with Gasteiger partial charge in [0.15, 0.2) is 0 Å². The molecule has 0 saturated heterocycles. The van der Waals surface area contributed by atoms with Gasteiger partial charge in [-0.1, -0.05) is 6.07 Å². The Morgan fingerprint density at radius 2 is 2.17 bits per heavy atom. The number of hydrogen-bond acceptors (Lipinski definition) is 3. The Kier molecular flexibility index (Phi) is 3.45. The molecule has 0 radical (unpaired) electrons. The maximum Gasteiger partial charge on any atom is 0.228 e. The van der Waals surface area contributed by atoms with Crippen molar-refractivity contribution in [2.75, 3.05) is 12.4 Å². The molecule has 6 heteroatoms. The zero-order chi connectivity index (χ0) is 16.7. The monoisotopic (exact) mass is 325 g/mol. The number of fused-ring (bicyclic) bond motifs is 1. The Morgan fingerprint density at radius 3 is 2.92 bits per heavy atom. The van der Waals surface area contributed by atoms with Crippen molar-refractivity contribution in [3.05, 3.63) is 42.3 Å². The second-order valence-corrected chi connectivity index (χ2v) is 5.88. The van der Waals surface area contributed by atoms with Crippen LogP contribution >= 0.6 is 0 Å². The number of carbonyl (C=O) groups is 1. The summed E-state index contributed by atoms with van der Waals surface area (Å²) in [6.45, 7) is 0. The molecule has 0 unspecified atom stereocenters. The number of benzene rings is 1. The maximum atomic E-state index is 14.3. The third kappa shape index (κ3) is 2.50. The maximum absolute atomic E-state index is 14.3. The summed E-state index contributed by atoms with van der Waals surface area (Å²) in [5.74, 6) is 0.713. The molecule has 1 saturated carbocycles. The molecule has 0 aliphatic heterocycles. The normalized spacial score (nSPS) is 13.9. The van der Waals surface area contributed by atoms with Crippen molar-refractivity contribution in [3.8, 4) is 16.9 Å². The van der Waals surface area contributed by atoms with E-state index in [2.05, 4.69) is 15.3 Å². The van der Waals surface area contributed by atoms with E-state index < -0.39 is 0 Å². The molecular weight excluding hydrogens is 309 g/mol. The summed E-state index contributed by atoms with van der Waals surface area (Å²) in [7, 11) is 1.51. The smallest absolute Gasteiger partial charge is 0.228 e. The minimum Gasteiger partial charge on any atom is -0.496 e. The number of nitrogens with one attached hydrogen (secondary N) is 2. The van der Waals surface area contributed by atoms with E-state index in [1.165, 1.54) is 13.2 Å². The zero-order valence-corrected chi connectivity index (χ0v) is 13.1. The fourth-order valence-electron chi connectivity index (χ4n) is 2.79. The fraction of sp³-hybridized carbons (Fsp3) is 0.222. The first-order valence-corrected chi connectivity index (χ1v) is 7.79. The van der Waals surface area contributed by atoms with Gasteiger partial charge >= 0.3 is 0 Å². The number of carbonyl (C=O) groups excluding carboxylic acids is 1. The summed E-state index contributed by atoms with van der Waals surface area (Å²) >= 11 is 0. The topological polar surface area (TPSA) is 67.0 Å². The molecule has 3 aromatic rings. The predicted octanol–water partition coefficient (Wildman–Crippen LogP) is 3.73. The lowest BCUT2D eigenvalue weighted by atomic mass is 10.0. The summed E-state index contributed by atoms with van der Waals surface area (Å²) in [6, 6.07) is 8.27. The van der Waals surface area contributed by atoms with Crippen molar-refractivity contribution >= 4 is 22.8 Å². The van der Waals surface area contributed by atoms with Crippen LogP contribution in [0, 0.1) is 11.7 Å². The van der Waals surface area contributed by atoms with Gasteiger partial charge in [-0.25, -0.2) is 9.37 Å². The van der Waals surface area contributed by atoms with Gasteiger partial charge in [0.2, 0.25) is 5.91 Å². The highest BCUT2D eigenvalue weighted by atomic mass is 19.1. The van der Waals surface area contributed by atoms with E-state index in [0.717, 1.165) is 18.2 Å². The van der Waals surface area contributed by atoms with Gasteiger partial charge in [-0.05, 0) is 37.1 Å². The molecule has 0 bridgehead atoms. The second kappa shape index (κ2) is 5.63. The number of rotatable bonds is 4. The molecule has 2 heterocycles. The molecule has 0 atom stereocenters. The number of pyridine rings is 1. The summed E-state index contributed by atoms with van der Waals surface area (Å²) in [6.07, 6.45) is 3.58. The van der Waals surface area contributed by atoms with E-state index in [1.54, 1.807) is 24.4 Å². The quantitative estimate of drug-likeness (QED) is 0.768. The molecular formula is C18H16FN3O2. The number of aromatic nitrogens is 2. The van der Waals surface area contributed by atoms with Crippen LogP contribution in [0.5, 0.6) is 5.75 Å². The highest BCUT2D eigenvalue weighted by molar-refractivity contribution is 5.98. The first-order valence-electron chi connectivity index (χ1n) is 7.79. The lowest BCUT2D eigenvalue weighted by Gasteiger charge is -2.09. The molecule has 1 fully saturated rings. The molecule has 4 rings (SSSR count). The number of H-pyrrole nitrogens is 1. The van der Waals surface area contributed by atoms with Crippen molar-refractivity contribution in [3.63, 3.8) is 0 Å². The molecule has 5 nitrogen and oxygen atoms in total. The Balaban J connectivity index is 1.74. The molecule has 2 N–H and O–H groups in total. The Labute approximate surface area is 137 Å². The number of nitrogens with zero attached hydrogens (tertiary/aromatic N) is 1. The Bertz CT molecular complexity index is 931. The summed E-state index contributed by atoms with van der Waals surface area (Å²) < 4.78 is 19.6. The average molecular weight is 325 g/mol. The van der Waals surface area contributed by atoms with Crippen LogP contribution in [-0.4, -0.2) is 23.0 Å². The van der Waals surface area contributed by atoms with Crippen LogP contribution in [0.25, 0.3) is 22.2 Å². The SMILES string of the molecule is COc1cccc(F)c1-c1c[nH]c2nc(NC(=O)C3CC3)ccc12. The lowest BCUT2D eigenvalue weighted by Crippen LogP contribution is -2.14. The molecule has 1 aliphatic rings. The van der Waals surface area contributed by atoms with Crippen LogP contribution in [-0.2, 0) is 4.79 Å². The van der Waals surface area contributed by atoms with Gasteiger partial charge in [0.25, 0.3) is 0 Å². The van der Waals surface area contributed by atoms with Gasteiger partial charge in [0.05, 0.1) is 12.7 Å². The lowest BCUT2D eigenvalue weighted by molar-refractivity contribution is -0.117. The molecule has 2 aromatic heterocycles. The van der Waals surface area contributed by atoms with Gasteiger partial charge in [-0.15, -0.1) is 0 Å². The summed E-state index contributed by atoms with van der Waals surface area (Å²) in [4.78, 5) is 19.3. The number of anilines is 1. The standard InChI is InChI=1S/C18H16FN3O2/c1-24-14-4-2-3-13(19)16(14)12-9-20-17-11(12)7-8-15(21-17)22-18(23)10-5-6-10/h2-4,7-10H,5-6H2,1H3,(H2,20,21,22,23). The number of halogens is 1. The minimum atomic E-state index is -0.360. The molecule has 122 valence electrons. The van der Waals surface area contributed by atoms with Crippen molar-refractivity contribution in [1.82, 2.24) is 9.97 Å². The van der Waals surface area contributed by atoms with E-state index in [9.17, 15) is 9.18 Å². The van der Waals surface area contributed by atoms with Gasteiger partial charge in [0.1, 0.15) is 23.0 Å². The molecule has 1 aliphatic carbocycles. The first-order chi connectivity index (χ1) is 11.7. The number of ether oxygens (including phenoxy) is 1. The number of aromatic amines is 1. The largest absolute Gasteiger partial charge is 0.496 e. The third-order valence-corrected chi connectivity index (χ3v) is 4.20. The zero-order valence-electron chi connectivity index (χ0n) is 13.1. The van der Waals surface area contributed by atoms with Crippen LogP contribution in [0.4, 0.5) is 10.2 Å². The van der Waals surface area contributed by atoms with Crippen LogP contribution in [0.1, 0.15) is 12.8 Å². The fourth-order valence-corrected chi connectivity index (χ4v) is 2.79. The van der Waals surface area contributed by atoms with E-state index in [0.29, 0.717) is 28.3 Å². The van der Waals surface area contributed by atoms with E-state index in [4.69, 9.17) is 4.74 Å². The number of amides is 1. The third-order valence-electron chi connectivity index (χ3n) is 4.20. The highest BCUT2D eigenvalue weighted by Gasteiger charge is 2.29. The van der Waals surface area contributed by atoms with Gasteiger partial charge < -0.3 is 15.0 Å². The molecule has 1 amide bonds. The van der Waals surface area contributed by atoms with Crippen molar-refractivity contribution < 1.29 is 13.9 Å². The van der Waals surface area contributed by atoms with Crippen LogP contribution < -0.4 is 10.1 Å². The van der Waals surface area contributed by atoms with Crippen molar-refractivity contribution in [2.45, 2.75) is 12.8 Å². The summed E-state index contributed by atoms with van der Waals surface area (Å²) in [5, 5.41) is 3.58. The van der Waals surface area contributed by atoms with Crippen molar-refractivity contribution in [2.24, 2.45) is 5.92 Å². The highest BCUT2D eigenvalue weighted by Crippen LogP contribution is 2.37. The van der Waals surface area contributed by atoms with Crippen LogP contribution in [0.3, 0.4) is 0 Å². The van der Waals surface area contributed by atoms with E-state index in [1.807, 2.05) is 6.07 Å². The number of hydrogen-bond donors (Lipinski definition) is 2. The Hall–Kier alpha value is -2.89. The first kappa shape index (κ1) is 14.7. The molecule has 0 spiro atoms. The minimum absolute atomic E-state index is 0.00408. The molecule has 24 heavy (non-hydrogen) atoms. The van der Waals surface area contributed by atoms with Crippen LogP contribution in [0.2, 0.25) is 0 Å². The van der Waals surface area contributed by atoms with E-state index >= 15 is 0 Å². The second-order valence-electron chi connectivity index (χ2n) is 5.88. The van der Waals surface area contributed by atoms with Crippen LogP contribution in [0.15, 0.2) is 36.5 Å². The Morgan fingerprint density at radius 1 is 1.33 bits per heavy atom. The van der Waals surface area contributed by atoms with Crippen molar-refractivity contribution in [1.29, 1.82) is 0 Å². The number of methoxy groups -OCH3 is 1. The van der Waals surface area contributed by atoms with Gasteiger partial charge in [-0.2, -0.15) is 0 Å². The summed E-state index contributed by atoms with van der Waals surface area (Å²) in [5.41, 5.74) is 1.65. The van der Waals surface area contributed by atoms with Gasteiger partial charge in [0, 0.05) is 23.1 Å². The van der Waals surface area contributed by atoms with E-state index in [-0.39, 0.29) is 17.6 Å². The van der Waals surface area contributed by atoms with Gasteiger partial charge in [-0.3, -0.25) is 4.79 Å². The predicted molar refractivity (Wildman–Crippen MR) is 89.4 cm³/mol. The molecule has 1 aromatic carbocycles.